The Hall–Kier alpha value is -0.770. The lowest BCUT2D eigenvalue weighted by Crippen LogP contribution is -2.44. The molecule has 1 rings (SSSR count). The molecule has 1 aliphatic heterocycles. The molecular weight excluding hydrogens is 178 g/mol. The third-order valence-electron chi connectivity index (χ3n) is 2.86. The predicted octanol–water partition coefficient (Wildman–Crippen LogP) is 1.39. The Bertz CT molecular complexity index is 192. The number of amidine groups is 1. The van der Waals surface area contributed by atoms with Gasteiger partial charge in [0.1, 0.15) is 0 Å². The minimum absolute atomic E-state index is 0.327. The van der Waals surface area contributed by atoms with Crippen molar-refractivity contribution in [3.63, 3.8) is 0 Å². The van der Waals surface area contributed by atoms with Crippen LogP contribution >= 0.6 is 0 Å². The van der Waals surface area contributed by atoms with E-state index in [2.05, 4.69) is 17.0 Å². The monoisotopic (exact) mass is 199 g/mol. The van der Waals surface area contributed by atoms with Crippen LogP contribution in [0.25, 0.3) is 0 Å². The van der Waals surface area contributed by atoms with Gasteiger partial charge in [-0.1, -0.05) is 24.9 Å². The quantitative estimate of drug-likeness (QED) is 0.311. The van der Waals surface area contributed by atoms with Crippen molar-refractivity contribution >= 4 is 5.84 Å². The summed E-state index contributed by atoms with van der Waals surface area (Å²) < 4.78 is 0. The topological polar surface area (TPSA) is 61.8 Å². The first-order valence-corrected chi connectivity index (χ1v) is 5.48. The molecule has 0 amide bonds. The van der Waals surface area contributed by atoms with Crippen LogP contribution in [-0.4, -0.2) is 35.1 Å². The fourth-order valence-corrected chi connectivity index (χ4v) is 2.17. The Balaban J connectivity index is 2.45. The van der Waals surface area contributed by atoms with Crippen molar-refractivity contribution in [2.24, 2.45) is 10.9 Å². The first kappa shape index (κ1) is 11.3. The average molecular weight is 199 g/mol. The molecule has 0 aromatic carbocycles. The molecule has 1 unspecified atom stereocenters. The third-order valence-corrected chi connectivity index (χ3v) is 2.86. The molecule has 0 aliphatic carbocycles. The fraction of sp³-hybridized carbons (Fsp3) is 0.900. The lowest BCUT2D eigenvalue weighted by Gasteiger charge is -2.35. The van der Waals surface area contributed by atoms with E-state index in [1.54, 1.807) is 0 Å². The highest BCUT2D eigenvalue weighted by atomic mass is 16.4. The van der Waals surface area contributed by atoms with Gasteiger partial charge in [0.05, 0.1) is 6.54 Å². The maximum atomic E-state index is 8.52. The summed E-state index contributed by atoms with van der Waals surface area (Å²) in [7, 11) is 0. The molecule has 1 saturated heterocycles. The lowest BCUT2D eigenvalue weighted by atomic mass is 9.98. The third kappa shape index (κ3) is 3.18. The Morgan fingerprint density at radius 3 is 3.00 bits per heavy atom. The number of likely N-dealkylation sites (tertiary alicyclic amines) is 1. The summed E-state index contributed by atoms with van der Waals surface area (Å²) in [5.74, 6) is 0.327. The Kier molecular flexibility index (Phi) is 4.73. The summed E-state index contributed by atoms with van der Waals surface area (Å²) in [6.45, 7) is 3.90. The molecule has 0 spiro atoms. The van der Waals surface area contributed by atoms with Gasteiger partial charge in [-0.25, -0.2) is 0 Å². The molecule has 4 nitrogen and oxygen atoms in total. The summed E-state index contributed by atoms with van der Waals surface area (Å²) in [6, 6.07) is 0.633. The normalized spacial score (nSPS) is 25.2. The Labute approximate surface area is 85.8 Å². The van der Waals surface area contributed by atoms with E-state index in [4.69, 9.17) is 10.9 Å². The van der Waals surface area contributed by atoms with Crippen LogP contribution < -0.4 is 5.73 Å². The second kappa shape index (κ2) is 5.86. The summed E-state index contributed by atoms with van der Waals surface area (Å²) in [5, 5.41) is 11.5. The predicted molar refractivity (Wildman–Crippen MR) is 57.5 cm³/mol. The fourth-order valence-electron chi connectivity index (χ4n) is 2.17. The molecular formula is C10H21N3O. The Morgan fingerprint density at radius 2 is 2.36 bits per heavy atom. The largest absolute Gasteiger partial charge is 0.409 e. The van der Waals surface area contributed by atoms with Crippen molar-refractivity contribution in [1.29, 1.82) is 0 Å². The molecule has 1 aliphatic rings. The molecule has 3 N–H and O–H groups in total. The van der Waals surface area contributed by atoms with Gasteiger partial charge in [-0.15, -0.1) is 0 Å². The zero-order chi connectivity index (χ0) is 10.4. The molecule has 0 aromatic rings. The summed E-state index contributed by atoms with van der Waals surface area (Å²) in [4.78, 5) is 2.34. The highest BCUT2D eigenvalue weighted by Gasteiger charge is 2.21. The number of nitrogens with zero attached hydrogens (tertiary/aromatic N) is 2. The van der Waals surface area contributed by atoms with Crippen molar-refractivity contribution in [3.8, 4) is 0 Å². The molecule has 0 saturated carbocycles. The number of nitrogens with two attached hydrogens (primary N) is 1. The van der Waals surface area contributed by atoms with Crippen LogP contribution in [0.5, 0.6) is 0 Å². The number of hydrogen-bond donors (Lipinski definition) is 2. The van der Waals surface area contributed by atoms with Gasteiger partial charge in [0, 0.05) is 6.04 Å². The van der Waals surface area contributed by atoms with Crippen LogP contribution in [0.15, 0.2) is 5.16 Å². The van der Waals surface area contributed by atoms with Crippen molar-refractivity contribution < 1.29 is 5.21 Å². The van der Waals surface area contributed by atoms with Crippen LogP contribution in [0.3, 0.4) is 0 Å². The van der Waals surface area contributed by atoms with Crippen LogP contribution in [0.4, 0.5) is 0 Å². The van der Waals surface area contributed by atoms with E-state index in [1.165, 1.54) is 32.1 Å². The van der Waals surface area contributed by atoms with E-state index in [0.29, 0.717) is 18.4 Å². The highest BCUT2D eigenvalue weighted by Crippen LogP contribution is 2.20. The van der Waals surface area contributed by atoms with E-state index in [-0.39, 0.29) is 0 Å². The van der Waals surface area contributed by atoms with Crippen molar-refractivity contribution in [3.05, 3.63) is 0 Å². The first-order chi connectivity index (χ1) is 6.77. The zero-order valence-corrected chi connectivity index (χ0v) is 8.95. The van der Waals surface area contributed by atoms with E-state index >= 15 is 0 Å². The average Bonchev–Trinajstić information content (AvgIpc) is 2.21. The molecule has 14 heavy (non-hydrogen) atoms. The lowest BCUT2D eigenvalue weighted by molar-refractivity contribution is 0.159. The van der Waals surface area contributed by atoms with Crippen LogP contribution in [0.1, 0.15) is 39.0 Å². The van der Waals surface area contributed by atoms with Gasteiger partial charge in [0.25, 0.3) is 0 Å². The molecule has 0 radical (unpaired) electrons. The van der Waals surface area contributed by atoms with Crippen molar-refractivity contribution in [2.45, 2.75) is 45.1 Å². The Morgan fingerprint density at radius 1 is 1.57 bits per heavy atom. The standard InChI is InChI=1S/C10H21N3O/c1-2-5-9-6-3-4-7-13(9)8-10(11)12-14/h9,14H,2-8H2,1H3,(H2,11,12). The van der Waals surface area contributed by atoms with Crippen LogP contribution in [0.2, 0.25) is 0 Å². The van der Waals surface area contributed by atoms with Crippen LogP contribution in [0, 0.1) is 0 Å². The molecule has 0 aromatic heterocycles. The minimum Gasteiger partial charge on any atom is -0.409 e. The first-order valence-electron chi connectivity index (χ1n) is 5.48. The van der Waals surface area contributed by atoms with Gasteiger partial charge in [0.15, 0.2) is 5.84 Å². The molecule has 1 atom stereocenters. The molecule has 4 heteroatoms. The number of oxime groups is 1. The number of rotatable bonds is 4. The summed E-state index contributed by atoms with van der Waals surface area (Å²) in [5.41, 5.74) is 5.52. The van der Waals surface area contributed by atoms with Gasteiger partial charge < -0.3 is 10.9 Å². The molecule has 1 heterocycles. The van der Waals surface area contributed by atoms with Gasteiger partial charge in [-0.05, 0) is 25.8 Å². The summed E-state index contributed by atoms with van der Waals surface area (Å²) in [6.07, 6.45) is 6.23. The van der Waals surface area contributed by atoms with E-state index in [9.17, 15) is 0 Å². The van der Waals surface area contributed by atoms with Gasteiger partial charge in [-0.2, -0.15) is 0 Å². The van der Waals surface area contributed by atoms with Crippen molar-refractivity contribution in [1.82, 2.24) is 4.90 Å². The van der Waals surface area contributed by atoms with Gasteiger partial charge >= 0.3 is 0 Å². The number of piperidine rings is 1. The van der Waals surface area contributed by atoms with Crippen LogP contribution in [-0.2, 0) is 0 Å². The summed E-state index contributed by atoms with van der Waals surface area (Å²) >= 11 is 0. The molecule has 0 bridgehead atoms. The second-order valence-corrected chi connectivity index (χ2v) is 4.00. The van der Waals surface area contributed by atoms with Gasteiger partial charge in [-0.3, -0.25) is 4.90 Å². The number of hydrogen-bond acceptors (Lipinski definition) is 3. The smallest absolute Gasteiger partial charge is 0.153 e. The minimum atomic E-state index is 0.327. The molecule has 82 valence electrons. The van der Waals surface area contributed by atoms with E-state index in [1.807, 2.05) is 0 Å². The highest BCUT2D eigenvalue weighted by molar-refractivity contribution is 5.81. The SMILES string of the molecule is CCCC1CCCCN1CC(N)=NO. The maximum Gasteiger partial charge on any atom is 0.153 e. The van der Waals surface area contributed by atoms with E-state index in [0.717, 1.165) is 6.54 Å². The van der Waals surface area contributed by atoms with Gasteiger partial charge in [0.2, 0.25) is 0 Å². The zero-order valence-electron chi connectivity index (χ0n) is 8.95. The van der Waals surface area contributed by atoms with E-state index < -0.39 is 0 Å². The second-order valence-electron chi connectivity index (χ2n) is 4.00. The van der Waals surface area contributed by atoms with Crippen molar-refractivity contribution in [2.75, 3.05) is 13.1 Å². The maximum absolute atomic E-state index is 8.52. The molecule has 1 fully saturated rings.